The maximum Gasteiger partial charge on any atom is 0.225 e. The van der Waals surface area contributed by atoms with Crippen LogP contribution in [-0.2, 0) is 6.54 Å². The van der Waals surface area contributed by atoms with E-state index in [1.165, 1.54) is 5.56 Å². The molecule has 1 aliphatic heterocycles. The van der Waals surface area contributed by atoms with Crippen molar-refractivity contribution in [2.45, 2.75) is 13.5 Å². The molecule has 1 aliphatic rings. The maximum absolute atomic E-state index is 5.63. The third kappa shape index (κ3) is 3.85. The summed E-state index contributed by atoms with van der Waals surface area (Å²) in [6.07, 6.45) is 0. The largest absolute Gasteiger partial charge is 0.486 e. The molecule has 0 fully saturated rings. The minimum absolute atomic E-state index is 0.566. The Morgan fingerprint density at radius 3 is 2.58 bits per heavy atom. The van der Waals surface area contributed by atoms with Crippen LogP contribution in [0, 0.1) is 6.92 Å². The van der Waals surface area contributed by atoms with Gasteiger partial charge >= 0.3 is 0 Å². The number of rotatable bonds is 5. The summed E-state index contributed by atoms with van der Waals surface area (Å²) in [5, 5.41) is 6.58. The first-order valence-corrected chi connectivity index (χ1v) is 8.56. The summed E-state index contributed by atoms with van der Waals surface area (Å²) in [6.45, 7) is 3.77. The van der Waals surface area contributed by atoms with Crippen molar-refractivity contribution in [3.8, 4) is 11.5 Å². The Kier molecular flexibility index (Phi) is 4.55. The molecular formula is C20H20N4O2. The van der Waals surface area contributed by atoms with Gasteiger partial charge < -0.3 is 20.1 Å². The molecule has 0 bridgehead atoms. The van der Waals surface area contributed by atoms with Crippen LogP contribution in [0.2, 0.25) is 0 Å². The van der Waals surface area contributed by atoms with Crippen molar-refractivity contribution in [3.63, 3.8) is 0 Å². The minimum atomic E-state index is 0.566. The highest BCUT2D eigenvalue weighted by Crippen LogP contribution is 2.33. The molecule has 1 aromatic heterocycles. The fourth-order valence-electron chi connectivity index (χ4n) is 2.76. The van der Waals surface area contributed by atoms with Gasteiger partial charge in [0.05, 0.1) is 0 Å². The number of hydrogen-bond acceptors (Lipinski definition) is 6. The van der Waals surface area contributed by atoms with Crippen LogP contribution in [0.25, 0.3) is 0 Å². The molecule has 6 nitrogen and oxygen atoms in total. The highest BCUT2D eigenvalue weighted by Gasteiger charge is 2.12. The van der Waals surface area contributed by atoms with E-state index in [0.29, 0.717) is 25.7 Å². The Labute approximate surface area is 152 Å². The lowest BCUT2D eigenvalue weighted by Crippen LogP contribution is -2.15. The van der Waals surface area contributed by atoms with Gasteiger partial charge in [-0.2, -0.15) is 4.98 Å². The lowest BCUT2D eigenvalue weighted by molar-refractivity contribution is 0.171. The number of hydrogen-bond donors (Lipinski definition) is 2. The molecule has 0 aliphatic carbocycles. The van der Waals surface area contributed by atoms with Crippen molar-refractivity contribution in [1.82, 2.24) is 9.97 Å². The summed E-state index contributed by atoms with van der Waals surface area (Å²) in [5.41, 5.74) is 2.95. The smallest absolute Gasteiger partial charge is 0.225 e. The second-order valence-corrected chi connectivity index (χ2v) is 6.04. The molecule has 2 heterocycles. The molecule has 3 aromatic rings. The molecule has 2 N–H and O–H groups in total. The standard InChI is InChI=1S/C20H20N4O2/c1-14-11-19(23-16-7-8-17-18(12-16)26-10-9-25-17)24-20(22-14)21-13-15-5-3-2-4-6-15/h2-8,11-12H,9-10,13H2,1H3,(H2,21,22,23,24). The van der Waals surface area contributed by atoms with E-state index < -0.39 is 0 Å². The molecule has 26 heavy (non-hydrogen) atoms. The second kappa shape index (κ2) is 7.31. The lowest BCUT2D eigenvalue weighted by atomic mass is 10.2. The quantitative estimate of drug-likeness (QED) is 0.729. The van der Waals surface area contributed by atoms with Crippen molar-refractivity contribution in [3.05, 3.63) is 65.9 Å². The zero-order valence-electron chi connectivity index (χ0n) is 14.5. The Morgan fingerprint density at radius 1 is 0.923 bits per heavy atom. The summed E-state index contributed by atoms with van der Waals surface area (Å²) in [5.74, 6) is 2.83. The Hall–Kier alpha value is -3.28. The minimum Gasteiger partial charge on any atom is -0.486 e. The number of nitrogens with zero attached hydrogens (tertiary/aromatic N) is 2. The number of aromatic nitrogens is 2. The molecule has 0 spiro atoms. The number of benzene rings is 2. The van der Waals surface area contributed by atoms with Crippen LogP contribution in [0.3, 0.4) is 0 Å². The molecule has 4 rings (SSSR count). The number of fused-ring (bicyclic) bond motifs is 1. The van der Waals surface area contributed by atoms with Gasteiger partial charge in [0.25, 0.3) is 0 Å². The van der Waals surface area contributed by atoms with E-state index in [1.54, 1.807) is 0 Å². The second-order valence-electron chi connectivity index (χ2n) is 6.04. The summed E-state index contributed by atoms with van der Waals surface area (Å²) in [6, 6.07) is 17.8. The summed E-state index contributed by atoms with van der Waals surface area (Å²) in [7, 11) is 0. The van der Waals surface area contributed by atoms with Crippen molar-refractivity contribution < 1.29 is 9.47 Å². The third-order valence-electron chi connectivity index (χ3n) is 3.96. The highest BCUT2D eigenvalue weighted by atomic mass is 16.6. The predicted octanol–water partition coefficient (Wildman–Crippen LogP) is 3.91. The first-order chi connectivity index (χ1) is 12.8. The number of aryl methyl sites for hydroxylation is 1. The van der Waals surface area contributed by atoms with Gasteiger partial charge in [0.2, 0.25) is 5.95 Å². The van der Waals surface area contributed by atoms with Crippen molar-refractivity contribution >= 4 is 17.5 Å². The van der Waals surface area contributed by atoms with Crippen LogP contribution < -0.4 is 20.1 Å². The topological polar surface area (TPSA) is 68.3 Å². The molecule has 0 amide bonds. The van der Waals surface area contributed by atoms with Crippen LogP contribution in [0.15, 0.2) is 54.6 Å². The van der Waals surface area contributed by atoms with Crippen molar-refractivity contribution in [2.75, 3.05) is 23.8 Å². The monoisotopic (exact) mass is 348 g/mol. The molecule has 0 unspecified atom stereocenters. The Morgan fingerprint density at radius 2 is 1.73 bits per heavy atom. The molecule has 132 valence electrons. The van der Waals surface area contributed by atoms with Gasteiger partial charge in [-0.15, -0.1) is 0 Å². The third-order valence-corrected chi connectivity index (χ3v) is 3.96. The van der Waals surface area contributed by atoms with Crippen molar-refractivity contribution in [2.24, 2.45) is 0 Å². The van der Waals surface area contributed by atoms with Gasteiger partial charge in [-0.05, 0) is 24.6 Å². The van der Waals surface area contributed by atoms with Crippen LogP contribution in [0.4, 0.5) is 17.5 Å². The van der Waals surface area contributed by atoms with Gasteiger partial charge in [0.15, 0.2) is 11.5 Å². The van der Waals surface area contributed by atoms with E-state index in [9.17, 15) is 0 Å². The summed E-state index contributed by atoms with van der Waals surface area (Å²) < 4.78 is 11.2. The highest BCUT2D eigenvalue weighted by molar-refractivity contribution is 5.62. The fraction of sp³-hybridized carbons (Fsp3) is 0.200. The van der Waals surface area contributed by atoms with Crippen LogP contribution in [0.1, 0.15) is 11.3 Å². The van der Waals surface area contributed by atoms with Crippen LogP contribution >= 0.6 is 0 Å². The first kappa shape index (κ1) is 16.2. The zero-order chi connectivity index (χ0) is 17.8. The first-order valence-electron chi connectivity index (χ1n) is 8.56. The van der Waals surface area contributed by atoms with Gasteiger partial charge in [-0.1, -0.05) is 30.3 Å². The normalized spacial score (nSPS) is 12.5. The summed E-state index contributed by atoms with van der Waals surface area (Å²) in [4.78, 5) is 9.00. The molecule has 0 saturated heterocycles. The average molecular weight is 348 g/mol. The number of nitrogens with one attached hydrogen (secondary N) is 2. The molecule has 0 atom stereocenters. The molecule has 2 aromatic carbocycles. The van der Waals surface area contributed by atoms with E-state index in [1.807, 2.05) is 49.4 Å². The lowest BCUT2D eigenvalue weighted by Gasteiger charge is -2.19. The van der Waals surface area contributed by atoms with Gasteiger partial charge in [-0.3, -0.25) is 0 Å². The average Bonchev–Trinajstić information content (AvgIpc) is 2.67. The number of ether oxygens (including phenoxy) is 2. The molecule has 0 radical (unpaired) electrons. The van der Waals surface area contributed by atoms with Crippen LogP contribution in [-0.4, -0.2) is 23.2 Å². The fourth-order valence-corrected chi connectivity index (χ4v) is 2.76. The Balaban J connectivity index is 1.49. The molecule has 0 saturated carbocycles. The van der Waals surface area contributed by atoms with Gasteiger partial charge in [-0.25, -0.2) is 4.98 Å². The van der Waals surface area contributed by atoms with E-state index >= 15 is 0 Å². The SMILES string of the molecule is Cc1cc(Nc2ccc3c(c2)OCCO3)nc(NCc2ccccc2)n1. The van der Waals surface area contributed by atoms with E-state index in [0.717, 1.165) is 28.7 Å². The van der Waals surface area contributed by atoms with Crippen LogP contribution in [0.5, 0.6) is 11.5 Å². The van der Waals surface area contributed by atoms with Gasteiger partial charge in [0, 0.05) is 30.1 Å². The maximum atomic E-state index is 5.63. The van der Waals surface area contributed by atoms with Crippen molar-refractivity contribution in [1.29, 1.82) is 0 Å². The van der Waals surface area contributed by atoms with E-state index in [-0.39, 0.29) is 0 Å². The molecule has 6 heteroatoms. The Bertz CT molecular complexity index is 900. The summed E-state index contributed by atoms with van der Waals surface area (Å²) >= 11 is 0. The van der Waals surface area contributed by atoms with E-state index in [4.69, 9.17) is 9.47 Å². The van der Waals surface area contributed by atoms with E-state index in [2.05, 4.69) is 32.7 Å². The molecular weight excluding hydrogens is 328 g/mol. The number of anilines is 3. The predicted molar refractivity (Wildman–Crippen MR) is 101 cm³/mol. The zero-order valence-corrected chi connectivity index (χ0v) is 14.5. The van der Waals surface area contributed by atoms with Gasteiger partial charge in [0.1, 0.15) is 19.0 Å².